The van der Waals surface area contributed by atoms with Gasteiger partial charge in [-0.2, -0.15) is 0 Å². The van der Waals surface area contributed by atoms with Crippen LogP contribution < -0.4 is 10.4 Å². The van der Waals surface area contributed by atoms with Crippen molar-refractivity contribution < 1.29 is 23.8 Å². The summed E-state index contributed by atoms with van der Waals surface area (Å²) < 4.78 is 10.1. The highest BCUT2D eigenvalue weighted by Gasteiger charge is 2.13. The van der Waals surface area contributed by atoms with Crippen LogP contribution >= 0.6 is 0 Å². The molecule has 0 saturated heterocycles. The largest absolute Gasteiger partial charge is 0.545 e. The van der Waals surface area contributed by atoms with Crippen LogP contribution in [-0.4, -0.2) is 19.0 Å². The molecule has 0 saturated carbocycles. The molecule has 104 valence electrons. The van der Waals surface area contributed by atoms with E-state index in [1.165, 1.54) is 25.3 Å². The predicted octanol–water partition coefficient (Wildman–Crippen LogP) is 1.04. The Morgan fingerprint density at radius 2 is 2.00 bits per heavy atom. The molecule has 0 atom stereocenters. The fourth-order valence-electron chi connectivity index (χ4n) is 1.67. The number of ether oxygens (including phenoxy) is 1. The molecule has 1 N–H and O–H groups in total. The molecule has 6 nitrogen and oxygen atoms in total. The van der Waals surface area contributed by atoms with E-state index in [-0.39, 0.29) is 23.6 Å². The van der Waals surface area contributed by atoms with Crippen LogP contribution in [0.5, 0.6) is 0 Å². The Balaban J connectivity index is 2.17. The summed E-state index contributed by atoms with van der Waals surface area (Å²) in [7, 11) is 1.51. The van der Waals surface area contributed by atoms with Crippen molar-refractivity contribution in [1.29, 1.82) is 0 Å². The Hall–Kier alpha value is -2.60. The zero-order chi connectivity index (χ0) is 14.5. The molecule has 6 heteroatoms. The Kier molecular flexibility index (Phi) is 4.17. The van der Waals surface area contributed by atoms with Gasteiger partial charge in [0.05, 0.1) is 11.7 Å². The van der Waals surface area contributed by atoms with Crippen molar-refractivity contribution in [1.82, 2.24) is 0 Å². The molecular formula is C14H12NO5-. The van der Waals surface area contributed by atoms with Crippen LogP contribution in [0.1, 0.15) is 26.7 Å². The molecule has 0 unspecified atom stereocenters. The number of amides is 1. The monoisotopic (exact) mass is 274 g/mol. The maximum atomic E-state index is 11.9. The maximum absolute atomic E-state index is 11.9. The smallest absolute Gasteiger partial charge is 0.291 e. The lowest BCUT2D eigenvalue weighted by Crippen LogP contribution is -2.24. The lowest BCUT2D eigenvalue weighted by Gasteiger charge is -2.10. The van der Waals surface area contributed by atoms with Gasteiger partial charge in [0.1, 0.15) is 12.4 Å². The zero-order valence-corrected chi connectivity index (χ0v) is 10.7. The van der Waals surface area contributed by atoms with Gasteiger partial charge in [0, 0.05) is 12.7 Å². The van der Waals surface area contributed by atoms with Crippen molar-refractivity contribution in [2.75, 3.05) is 12.4 Å². The average Bonchev–Trinajstić information content (AvgIpc) is 2.88. The minimum Gasteiger partial charge on any atom is -0.545 e. The molecule has 1 aromatic carbocycles. The maximum Gasteiger partial charge on any atom is 0.291 e. The topological polar surface area (TPSA) is 91.6 Å². The molecule has 0 aliphatic heterocycles. The van der Waals surface area contributed by atoms with Crippen LogP contribution in [0.25, 0.3) is 0 Å². The first-order valence-electron chi connectivity index (χ1n) is 5.81. The van der Waals surface area contributed by atoms with Gasteiger partial charge < -0.3 is 24.4 Å². The number of benzene rings is 1. The molecule has 0 aliphatic rings. The van der Waals surface area contributed by atoms with Crippen LogP contribution in [0, 0.1) is 0 Å². The number of hydrogen-bond donors (Lipinski definition) is 1. The van der Waals surface area contributed by atoms with Gasteiger partial charge in [-0.3, -0.25) is 4.79 Å². The van der Waals surface area contributed by atoms with Crippen LogP contribution in [0.15, 0.2) is 40.8 Å². The summed E-state index contributed by atoms with van der Waals surface area (Å²) in [6, 6.07) is 9.09. The highest BCUT2D eigenvalue weighted by molar-refractivity contribution is 6.06. The number of carbonyl (C=O) groups excluding carboxylic acids is 2. The highest BCUT2D eigenvalue weighted by Crippen LogP contribution is 2.16. The molecular weight excluding hydrogens is 262 g/mol. The van der Waals surface area contributed by atoms with E-state index in [9.17, 15) is 14.7 Å². The number of anilines is 1. The number of nitrogens with one attached hydrogen (secondary N) is 1. The summed E-state index contributed by atoms with van der Waals surface area (Å²) >= 11 is 0. The first-order chi connectivity index (χ1) is 9.61. The van der Waals surface area contributed by atoms with Crippen molar-refractivity contribution in [3.63, 3.8) is 0 Å². The van der Waals surface area contributed by atoms with Crippen molar-refractivity contribution in [3.8, 4) is 0 Å². The van der Waals surface area contributed by atoms with Gasteiger partial charge in [0.25, 0.3) is 5.91 Å². The van der Waals surface area contributed by atoms with Crippen molar-refractivity contribution >= 4 is 17.6 Å². The van der Waals surface area contributed by atoms with E-state index in [1.807, 2.05) is 0 Å². The summed E-state index contributed by atoms with van der Waals surface area (Å²) in [6.45, 7) is 0.253. The molecule has 0 fully saturated rings. The molecule has 0 spiro atoms. The summed E-state index contributed by atoms with van der Waals surface area (Å²) in [4.78, 5) is 22.9. The number of carbonyl (C=O) groups is 2. The second-order valence-electron chi connectivity index (χ2n) is 3.99. The third-order valence-electron chi connectivity index (χ3n) is 2.57. The summed E-state index contributed by atoms with van der Waals surface area (Å²) in [5.74, 6) is -1.32. The Morgan fingerprint density at radius 1 is 1.25 bits per heavy atom. The number of furan rings is 1. The number of methoxy groups -OCH3 is 1. The standard InChI is InChI=1S/C14H13NO5/c1-19-8-9-6-7-12(20-9)13(16)15-11-5-3-2-4-10(11)14(17)18/h2-7H,8H2,1H3,(H,15,16)(H,17,18)/p-1. The zero-order valence-electron chi connectivity index (χ0n) is 10.7. The summed E-state index contributed by atoms with van der Waals surface area (Å²) in [5, 5.41) is 13.4. The number of para-hydroxylation sites is 1. The molecule has 1 heterocycles. The first-order valence-corrected chi connectivity index (χ1v) is 5.81. The van der Waals surface area contributed by atoms with E-state index < -0.39 is 11.9 Å². The number of hydrogen-bond acceptors (Lipinski definition) is 5. The fraction of sp³-hybridized carbons (Fsp3) is 0.143. The van der Waals surface area contributed by atoms with Gasteiger partial charge >= 0.3 is 0 Å². The van der Waals surface area contributed by atoms with Crippen LogP contribution in [0.2, 0.25) is 0 Å². The third-order valence-corrected chi connectivity index (χ3v) is 2.57. The molecule has 1 aromatic heterocycles. The van der Waals surface area contributed by atoms with Crippen LogP contribution in [0.4, 0.5) is 5.69 Å². The number of carboxylic acids is 1. The Morgan fingerprint density at radius 3 is 2.70 bits per heavy atom. The predicted molar refractivity (Wildman–Crippen MR) is 68.1 cm³/mol. The summed E-state index contributed by atoms with van der Waals surface area (Å²) in [6.07, 6.45) is 0. The molecule has 0 aliphatic carbocycles. The number of carboxylic acid groups (broad SMARTS) is 1. The molecule has 0 bridgehead atoms. The third kappa shape index (κ3) is 3.04. The highest BCUT2D eigenvalue weighted by atomic mass is 16.5. The second-order valence-corrected chi connectivity index (χ2v) is 3.99. The van der Waals surface area contributed by atoms with E-state index in [0.29, 0.717) is 5.76 Å². The van der Waals surface area contributed by atoms with Gasteiger partial charge in [0.2, 0.25) is 0 Å². The number of rotatable bonds is 5. The van der Waals surface area contributed by atoms with Gasteiger partial charge in [0.15, 0.2) is 5.76 Å². The molecule has 2 aromatic rings. The minimum atomic E-state index is -1.36. The van der Waals surface area contributed by atoms with Crippen molar-refractivity contribution in [3.05, 3.63) is 53.5 Å². The number of aromatic carboxylic acids is 1. The normalized spacial score (nSPS) is 10.2. The van der Waals surface area contributed by atoms with E-state index in [1.54, 1.807) is 18.2 Å². The van der Waals surface area contributed by atoms with Gasteiger partial charge in [-0.05, 0) is 18.2 Å². The molecule has 1 amide bonds. The molecule has 0 radical (unpaired) electrons. The SMILES string of the molecule is COCc1ccc(C(=O)Nc2ccccc2C(=O)[O-])o1. The van der Waals surface area contributed by atoms with E-state index in [0.717, 1.165) is 0 Å². The van der Waals surface area contributed by atoms with Gasteiger partial charge in [-0.1, -0.05) is 18.2 Å². The van der Waals surface area contributed by atoms with Gasteiger partial charge in [-0.25, -0.2) is 0 Å². The van der Waals surface area contributed by atoms with Crippen LogP contribution in [0.3, 0.4) is 0 Å². The van der Waals surface area contributed by atoms with E-state index >= 15 is 0 Å². The van der Waals surface area contributed by atoms with E-state index in [4.69, 9.17) is 9.15 Å². The molecule has 20 heavy (non-hydrogen) atoms. The van der Waals surface area contributed by atoms with E-state index in [2.05, 4.69) is 5.32 Å². The van der Waals surface area contributed by atoms with Crippen molar-refractivity contribution in [2.45, 2.75) is 6.61 Å². The lowest BCUT2D eigenvalue weighted by molar-refractivity contribution is -0.254. The van der Waals surface area contributed by atoms with Crippen molar-refractivity contribution in [2.24, 2.45) is 0 Å². The van der Waals surface area contributed by atoms with Crippen LogP contribution in [-0.2, 0) is 11.3 Å². The Labute approximate surface area is 115 Å². The second kappa shape index (κ2) is 6.03. The first kappa shape index (κ1) is 13.8. The average molecular weight is 274 g/mol. The fourth-order valence-corrected chi connectivity index (χ4v) is 1.67. The van der Waals surface area contributed by atoms with Gasteiger partial charge in [-0.15, -0.1) is 0 Å². The quantitative estimate of drug-likeness (QED) is 0.879. The lowest BCUT2D eigenvalue weighted by atomic mass is 10.2. The summed E-state index contributed by atoms with van der Waals surface area (Å²) in [5.41, 5.74) is 0.0618. The minimum absolute atomic E-state index is 0.0743. The molecule has 2 rings (SSSR count). The Bertz CT molecular complexity index is 632.